The average Bonchev–Trinajstić information content (AvgIpc) is 3.41. The summed E-state index contributed by atoms with van der Waals surface area (Å²) in [5.74, 6) is -2.53. The number of ether oxygens (including phenoxy) is 1. The quantitative estimate of drug-likeness (QED) is 0.219. The number of Topliss-reactive ketones (excluding diaryl/α,β-unsaturated/α-hetero) is 1. The van der Waals surface area contributed by atoms with Gasteiger partial charge in [0.1, 0.15) is 5.58 Å². The Morgan fingerprint density at radius 1 is 1.03 bits per heavy atom. The Hall–Kier alpha value is -4.36. The third kappa shape index (κ3) is 4.57. The lowest BCUT2D eigenvalue weighted by molar-refractivity contribution is -0.117. The van der Waals surface area contributed by atoms with Gasteiger partial charge in [-0.1, -0.05) is 41.4 Å². The highest BCUT2D eigenvalue weighted by molar-refractivity contribution is 6.31. The van der Waals surface area contributed by atoms with Crippen molar-refractivity contribution >= 4 is 45.9 Å². The maximum Gasteiger partial charge on any atom is 0.338 e. The Morgan fingerprint density at radius 2 is 1.76 bits per heavy atom. The molecular formula is C30H24ClNO6. The predicted molar refractivity (Wildman–Crippen MR) is 144 cm³/mol. The number of carbonyl (C=O) groups excluding carboxylic acids is 3. The summed E-state index contributed by atoms with van der Waals surface area (Å²) in [4.78, 5) is 40.8. The zero-order chi connectivity index (χ0) is 27.1. The van der Waals surface area contributed by atoms with Gasteiger partial charge in [0, 0.05) is 16.1 Å². The summed E-state index contributed by atoms with van der Waals surface area (Å²) in [7, 11) is 0. The van der Waals surface area contributed by atoms with Gasteiger partial charge in [-0.2, -0.15) is 0 Å². The fourth-order valence-electron chi connectivity index (χ4n) is 4.56. The summed E-state index contributed by atoms with van der Waals surface area (Å²) < 4.78 is 11.0. The number of ketones is 1. The molecule has 0 bridgehead atoms. The first-order chi connectivity index (χ1) is 18.1. The molecule has 0 saturated heterocycles. The summed E-state index contributed by atoms with van der Waals surface area (Å²) in [5.41, 5.74) is 2.61. The maximum absolute atomic E-state index is 13.8. The fourth-order valence-corrected chi connectivity index (χ4v) is 4.74. The van der Waals surface area contributed by atoms with Crippen molar-refractivity contribution in [3.63, 3.8) is 0 Å². The van der Waals surface area contributed by atoms with E-state index in [9.17, 15) is 19.5 Å². The minimum atomic E-state index is -0.930. The second-order valence-corrected chi connectivity index (χ2v) is 9.81. The number of aliphatic hydroxyl groups excluding tert-OH is 1. The molecule has 7 nitrogen and oxygen atoms in total. The van der Waals surface area contributed by atoms with E-state index in [2.05, 4.69) is 0 Å². The van der Waals surface area contributed by atoms with Crippen LogP contribution in [-0.2, 0) is 9.53 Å². The third-order valence-corrected chi connectivity index (χ3v) is 6.47. The van der Waals surface area contributed by atoms with Gasteiger partial charge in [0.25, 0.3) is 5.91 Å². The number of rotatable bonds is 6. The van der Waals surface area contributed by atoms with Crippen molar-refractivity contribution < 1.29 is 28.6 Å². The van der Waals surface area contributed by atoms with Crippen LogP contribution in [0.25, 0.3) is 11.0 Å². The van der Waals surface area contributed by atoms with Gasteiger partial charge in [0.2, 0.25) is 5.78 Å². The van der Waals surface area contributed by atoms with E-state index in [0.717, 1.165) is 5.56 Å². The van der Waals surface area contributed by atoms with Crippen molar-refractivity contribution in [3.8, 4) is 0 Å². The molecule has 0 spiro atoms. The number of hydrogen-bond donors (Lipinski definition) is 1. The summed E-state index contributed by atoms with van der Waals surface area (Å²) >= 11 is 6.08. The van der Waals surface area contributed by atoms with Crippen LogP contribution in [0.1, 0.15) is 51.9 Å². The van der Waals surface area contributed by atoms with Gasteiger partial charge in [-0.15, -0.1) is 0 Å². The van der Waals surface area contributed by atoms with Gasteiger partial charge in [-0.25, -0.2) is 4.79 Å². The van der Waals surface area contributed by atoms with Crippen LogP contribution in [0.2, 0.25) is 5.02 Å². The van der Waals surface area contributed by atoms with Crippen LogP contribution >= 0.6 is 11.6 Å². The molecule has 38 heavy (non-hydrogen) atoms. The molecule has 0 fully saturated rings. The van der Waals surface area contributed by atoms with E-state index >= 15 is 0 Å². The molecule has 8 heteroatoms. The van der Waals surface area contributed by atoms with E-state index in [-0.39, 0.29) is 17.4 Å². The van der Waals surface area contributed by atoms with E-state index in [1.807, 2.05) is 25.1 Å². The lowest BCUT2D eigenvalue weighted by Gasteiger charge is -2.27. The summed E-state index contributed by atoms with van der Waals surface area (Å²) in [6.45, 7) is 5.41. The first-order valence-corrected chi connectivity index (χ1v) is 12.4. The molecule has 3 aromatic carbocycles. The molecule has 0 aliphatic carbocycles. The standard InChI is InChI=1S/C30H24ClNO6/c1-16(2)37-30(36)18-7-10-22(11-8-18)32-26(19-6-4-5-17(3)13-19)25(28(34)29(32)35)27(33)24-15-20-14-21(31)9-12-23(20)38-24/h4-16,26,34H,1-3H3. The topological polar surface area (TPSA) is 97.0 Å². The Morgan fingerprint density at radius 3 is 2.45 bits per heavy atom. The van der Waals surface area contributed by atoms with Crippen LogP contribution in [0.15, 0.2) is 88.5 Å². The largest absolute Gasteiger partial charge is 0.503 e. The molecule has 1 N–H and O–H groups in total. The van der Waals surface area contributed by atoms with Gasteiger partial charge >= 0.3 is 5.97 Å². The van der Waals surface area contributed by atoms with Crippen molar-refractivity contribution in [2.75, 3.05) is 4.90 Å². The molecular weight excluding hydrogens is 506 g/mol. The van der Waals surface area contributed by atoms with Crippen LogP contribution in [0.3, 0.4) is 0 Å². The molecule has 1 atom stereocenters. The molecule has 1 aliphatic rings. The number of furan rings is 1. The minimum absolute atomic E-state index is 0.0251. The predicted octanol–water partition coefficient (Wildman–Crippen LogP) is 6.74. The van der Waals surface area contributed by atoms with E-state index in [0.29, 0.717) is 32.8 Å². The molecule has 1 aliphatic heterocycles. The SMILES string of the molecule is Cc1cccc(C2C(C(=O)c3cc4cc(Cl)ccc4o3)=C(O)C(=O)N2c2ccc(C(=O)OC(C)C)cc2)c1. The first-order valence-electron chi connectivity index (χ1n) is 12.0. The van der Waals surface area contributed by atoms with Crippen molar-refractivity contribution in [1.82, 2.24) is 0 Å². The summed E-state index contributed by atoms with van der Waals surface area (Å²) in [6, 6.07) is 19.2. The minimum Gasteiger partial charge on any atom is -0.503 e. The third-order valence-electron chi connectivity index (χ3n) is 6.24. The molecule has 5 rings (SSSR count). The molecule has 1 unspecified atom stereocenters. The molecule has 192 valence electrons. The van der Waals surface area contributed by atoms with Crippen LogP contribution < -0.4 is 4.90 Å². The molecule has 1 aromatic heterocycles. The van der Waals surface area contributed by atoms with Crippen molar-refractivity contribution in [3.05, 3.63) is 112 Å². The van der Waals surface area contributed by atoms with E-state index < -0.39 is 29.5 Å². The second kappa shape index (κ2) is 9.84. The molecule has 1 amide bonds. The normalized spacial score (nSPS) is 15.6. The smallest absolute Gasteiger partial charge is 0.338 e. The second-order valence-electron chi connectivity index (χ2n) is 9.38. The number of aliphatic hydroxyl groups is 1. The van der Waals surface area contributed by atoms with Crippen LogP contribution in [0.4, 0.5) is 5.69 Å². The van der Waals surface area contributed by atoms with E-state index in [4.69, 9.17) is 20.8 Å². The summed E-state index contributed by atoms with van der Waals surface area (Å²) in [6.07, 6.45) is -0.281. The molecule has 0 saturated carbocycles. The van der Waals surface area contributed by atoms with E-state index in [1.54, 1.807) is 68.4 Å². The first kappa shape index (κ1) is 25.3. The van der Waals surface area contributed by atoms with Crippen LogP contribution in [0.5, 0.6) is 0 Å². The number of nitrogens with zero attached hydrogens (tertiary/aromatic N) is 1. The zero-order valence-corrected chi connectivity index (χ0v) is 21.7. The maximum atomic E-state index is 13.8. The number of esters is 1. The molecule has 2 heterocycles. The number of amides is 1. The lowest BCUT2D eigenvalue weighted by atomic mass is 9.93. The van der Waals surface area contributed by atoms with Crippen LogP contribution in [0, 0.1) is 6.92 Å². The zero-order valence-electron chi connectivity index (χ0n) is 20.9. The van der Waals surface area contributed by atoms with Crippen molar-refractivity contribution in [2.24, 2.45) is 0 Å². The number of aryl methyl sites for hydroxylation is 1. The Bertz CT molecular complexity index is 1620. The van der Waals surface area contributed by atoms with Gasteiger partial charge in [-0.3, -0.25) is 14.5 Å². The van der Waals surface area contributed by atoms with Crippen molar-refractivity contribution in [1.29, 1.82) is 0 Å². The number of carbonyl (C=O) groups is 3. The number of hydrogen-bond acceptors (Lipinski definition) is 6. The lowest BCUT2D eigenvalue weighted by Crippen LogP contribution is -2.31. The van der Waals surface area contributed by atoms with Gasteiger partial charge in [0.05, 0.1) is 23.3 Å². The number of halogens is 1. The van der Waals surface area contributed by atoms with Crippen LogP contribution in [-0.4, -0.2) is 28.9 Å². The Balaban J connectivity index is 1.59. The Kier molecular flexibility index (Phi) is 6.55. The number of benzene rings is 3. The highest BCUT2D eigenvalue weighted by Crippen LogP contribution is 2.42. The monoisotopic (exact) mass is 529 g/mol. The molecule has 4 aromatic rings. The van der Waals surface area contributed by atoms with E-state index in [1.165, 1.54) is 4.90 Å². The van der Waals surface area contributed by atoms with Gasteiger partial charge < -0.3 is 14.3 Å². The highest BCUT2D eigenvalue weighted by Gasteiger charge is 2.45. The molecule has 0 radical (unpaired) electrons. The number of anilines is 1. The number of fused-ring (bicyclic) bond motifs is 1. The average molecular weight is 530 g/mol. The Labute approximate surface area is 223 Å². The highest BCUT2D eigenvalue weighted by atomic mass is 35.5. The fraction of sp³-hybridized carbons (Fsp3) is 0.167. The summed E-state index contributed by atoms with van der Waals surface area (Å²) in [5, 5.41) is 12.1. The van der Waals surface area contributed by atoms with Gasteiger partial charge in [0.15, 0.2) is 11.5 Å². The van der Waals surface area contributed by atoms with Crippen molar-refractivity contribution in [2.45, 2.75) is 32.9 Å². The van der Waals surface area contributed by atoms with Gasteiger partial charge in [-0.05, 0) is 74.9 Å².